The highest BCUT2D eigenvalue weighted by atomic mass is 35.5. The number of imidazole rings is 1. The molecule has 172 valence electrons. The van der Waals surface area contributed by atoms with Crippen molar-refractivity contribution in [3.05, 3.63) is 101 Å². The van der Waals surface area contributed by atoms with Crippen LogP contribution in [0.4, 0.5) is 0 Å². The van der Waals surface area contributed by atoms with E-state index in [9.17, 15) is 4.79 Å². The van der Waals surface area contributed by atoms with Crippen LogP contribution in [0.2, 0.25) is 10.0 Å². The second-order valence-electron chi connectivity index (χ2n) is 8.23. The van der Waals surface area contributed by atoms with Crippen LogP contribution in [0.25, 0.3) is 17.1 Å². The van der Waals surface area contributed by atoms with Crippen LogP contribution < -0.4 is 5.43 Å². The van der Waals surface area contributed by atoms with Gasteiger partial charge in [0.2, 0.25) is 0 Å². The Kier molecular flexibility index (Phi) is 6.63. The van der Waals surface area contributed by atoms with Crippen LogP contribution >= 0.6 is 23.2 Å². The Bertz CT molecular complexity index is 1280. The van der Waals surface area contributed by atoms with E-state index in [-0.39, 0.29) is 5.91 Å². The van der Waals surface area contributed by atoms with Crippen molar-refractivity contribution in [2.24, 2.45) is 0 Å². The van der Waals surface area contributed by atoms with Gasteiger partial charge in [-0.2, -0.15) is 0 Å². The quantitative estimate of drug-likeness (QED) is 0.385. The number of hydrazine groups is 1. The van der Waals surface area contributed by atoms with E-state index in [0.717, 1.165) is 42.9 Å². The fraction of sp³-hybridized carbons (Fsp3) is 0.192. The minimum atomic E-state index is -0.252. The molecule has 2 aromatic carbocycles. The van der Waals surface area contributed by atoms with Gasteiger partial charge in [0.1, 0.15) is 11.5 Å². The first-order chi connectivity index (χ1) is 16.6. The molecule has 0 saturated carbocycles. The average Bonchev–Trinajstić information content (AvgIpc) is 3.31. The van der Waals surface area contributed by atoms with Gasteiger partial charge in [0.25, 0.3) is 5.91 Å². The van der Waals surface area contributed by atoms with Gasteiger partial charge < -0.3 is 0 Å². The summed E-state index contributed by atoms with van der Waals surface area (Å²) in [6, 6.07) is 20.9. The second kappa shape index (κ2) is 9.97. The van der Waals surface area contributed by atoms with Gasteiger partial charge >= 0.3 is 0 Å². The molecule has 1 aliphatic heterocycles. The van der Waals surface area contributed by atoms with Crippen molar-refractivity contribution >= 4 is 29.1 Å². The first kappa shape index (κ1) is 22.6. The van der Waals surface area contributed by atoms with E-state index in [0.29, 0.717) is 27.5 Å². The highest BCUT2D eigenvalue weighted by Crippen LogP contribution is 2.30. The van der Waals surface area contributed by atoms with Crippen molar-refractivity contribution in [2.75, 3.05) is 13.1 Å². The molecule has 8 heteroatoms. The zero-order valence-electron chi connectivity index (χ0n) is 18.4. The summed E-state index contributed by atoms with van der Waals surface area (Å²) in [6.07, 6.45) is 5.43. The number of hydrogen-bond acceptors (Lipinski definition) is 4. The van der Waals surface area contributed by atoms with E-state index in [2.05, 4.69) is 21.5 Å². The van der Waals surface area contributed by atoms with Crippen LogP contribution in [0, 0.1) is 0 Å². The fourth-order valence-corrected chi connectivity index (χ4v) is 4.57. The number of halogens is 2. The molecule has 0 bridgehead atoms. The number of benzene rings is 2. The molecule has 1 amide bonds. The van der Waals surface area contributed by atoms with Gasteiger partial charge in [-0.15, -0.1) is 0 Å². The lowest BCUT2D eigenvalue weighted by molar-refractivity contribution is 0.0729. The minimum absolute atomic E-state index is 0.252. The van der Waals surface area contributed by atoms with Crippen molar-refractivity contribution in [1.82, 2.24) is 25.0 Å². The van der Waals surface area contributed by atoms with Gasteiger partial charge in [0.15, 0.2) is 0 Å². The van der Waals surface area contributed by atoms with Crippen LogP contribution in [-0.4, -0.2) is 38.5 Å². The third-order valence-electron chi connectivity index (χ3n) is 6.02. The number of rotatable bonds is 5. The smallest absolute Gasteiger partial charge is 0.285 e. The van der Waals surface area contributed by atoms with E-state index in [4.69, 9.17) is 23.2 Å². The highest BCUT2D eigenvalue weighted by Gasteiger charge is 2.24. The maximum Gasteiger partial charge on any atom is 0.285 e. The molecule has 0 unspecified atom stereocenters. The number of pyridine rings is 1. The molecule has 1 aliphatic rings. The summed E-state index contributed by atoms with van der Waals surface area (Å²) < 4.78 is 1.86. The summed E-state index contributed by atoms with van der Waals surface area (Å²) in [5.41, 5.74) is 6.03. The Morgan fingerprint density at radius 3 is 2.38 bits per heavy atom. The SMILES string of the molecule is O=C(NN1CCC(c2ccccn2)CC1)c1cn(-c2ccc(Cl)cc2)c(-c2ccccc2Cl)n1. The molecular weight excluding hydrogens is 469 g/mol. The van der Waals surface area contributed by atoms with Gasteiger partial charge in [0, 0.05) is 53.4 Å². The summed E-state index contributed by atoms with van der Waals surface area (Å²) >= 11 is 12.5. The summed E-state index contributed by atoms with van der Waals surface area (Å²) in [5, 5.41) is 3.15. The number of carbonyl (C=O) groups excluding carboxylic acids is 1. The molecule has 3 heterocycles. The predicted molar refractivity (Wildman–Crippen MR) is 134 cm³/mol. The number of carbonyl (C=O) groups is 1. The van der Waals surface area contributed by atoms with Gasteiger partial charge in [-0.25, -0.2) is 9.99 Å². The summed E-state index contributed by atoms with van der Waals surface area (Å²) in [7, 11) is 0. The number of nitrogens with one attached hydrogen (secondary N) is 1. The van der Waals surface area contributed by atoms with E-state index in [1.54, 1.807) is 18.3 Å². The van der Waals surface area contributed by atoms with Gasteiger partial charge in [0.05, 0.1) is 5.02 Å². The topological polar surface area (TPSA) is 63.1 Å². The molecule has 1 N–H and O–H groups in total. The fourth-order valence-electron chi connectivity index (χ4n) is 4.23. The number of nitrogens with zero attached hydrogens (tertiary/aromatic N) is 4. The Hall–Kier alpha value is -3.19. The van der Waals surface area contributed by atoms with Gasteiger partial charge in [-0.3, -0.25) is 19.8 Å². The first-order valence-corrected chi connectivity index (χ1v) is 11.9. The largest absolute Gasteiger partial charge is 0.299 e. The van der Waals surface area contributed by atoms with Crippen molar-refractivity contribution in [3.8, 4) is 17.1 Å². The number of hydrogen-bond donors (Lipinski definition) is 1. The van der Waals surface area contributed by atoms with Gasteiger partial charge in [-0.1, -0.05) is 41.4 Å². The lowest BCUT2D eigenvalue weighted by Crippen LogP contribution is -2.46. The van der Waals surface area contributed by atoms with Crippen LogP contribution in [0.5, 0.6) is 0 Å². The van der Waals surface area contributed by atoms with Crippen LogP contribution in [0.3, 0.4) is 0 Å². The molecule has 5 rings (SSSR count). The molecule has 0 atom stereocenters. The summed E-state index contributed by atoms with van der Waals surface area (Å²) in [6.45, 7) is 1.50. The normalized spacial score (nSPS) is 14.8. The van der Waals surface area contributed by atoms with Crippen LogP contribution in [-0.2, 0) is 0 Å². The molecule has 0 spiro atoms. The first-order valence-electron chi connectivity index (χ1n) is 11.2. The average molecular weight is 492 g/mol. The summed E-state index contributed by atoms with van der Waals surface area (Å²) in [5.74, 6) is 0.745. The van der Waals surface area contributed by atoms with E-state index in [1.165, 1.54) is 0 Å². The standard InChI is InChI=1S/C26H23Cl2N5O/c27-19-8-10-20(11-9-19)33-17-24(30-25(33)21-5-1-2-6-22(21)28)26(34)31-32-15-12-18(13-16-32)23-7-3-4-14-29-23/h1-11,14,17-18H,12-13,15-16H2,(H,31,34). The molecular formula is C26H23Cl2N5O. The van der Waals surface area contributed by atoms with Crippen LogP contribution in [0.15, 0.2) is 79.1 Å². The molecule has 2 aromatic heterocycles. The lowest BCUT2D eigenvalue weighted by atomic mass is 9.94. The van der Waals surface area contributed by atoms with Crippen molar-refractivity contribution in [3.63, 3.8) is 0 Å². The number of piperidine rings is 1. The predicted octanol–water partition coefficient (Wildman–Crippen LogP) is 5.77. The number of amides is 1. The summed E-state index contributed by atoms with van der Waals surface area (Å²) in [4.78, 5) is 22.3. The Labute approximate surface area is 208 Å². The Morgan fingerprint density at radius 2 is 1.68 bits per heavy atom. The third kappa shape index (κ3) is 4.85. The lowest BCUT2D eigenvalue weighted by Gasteiger charge is -2.31. The molecule has 4 aromatic rings. The maximum atomic E-state index is 13.1. The zero-order chi connectivity index (χ0) is 23.5. The van der Waals surface area contributed by atoms with E-state index >= 15 is 0 Å². The molecule has 0 aliphatic carbocycles. The van der Waals surface area contributed by atoms with Crippen molar-refractivity contribution < 1.29 is 4.79 Å². The van der Waals surface area contributed by atoms with E-state index in [1.807, 2.05) is 64.3 Å². The van der Waals surface area contributed by atoms with Crippen molar-refractivity contribution in [2.45, 2.75) is 18.8 Å². The molecule has 0 radical (unpaired) electrons. The Balaban J connectivity index is 1.36. The minimum Gasteiger partial charge on any atom is -0.299 e. The van der Waals surface area contributed by atoms with Gasteiger partial charge in [-0.05, 0) is 61.4 Å². The Morgan fingerprint density at radius 1 is 0.941 bits per heavy atom. The molecule has 1 saturated heterocycles. The molecule has 1 fully saturated rings. The third-order valence-corrected chi connectivity index (χ3v) is 6.60. The second-order valence-corrected chi connectivity index (χ2v) is 9.08. The number of aromatic nitrogens is 3. The van der Waals surface area contributed by atoms with Crippen LogP contribution in [0.1, 0.15) is 34.9 Å². The van der Waals surface area contributed by atoms with E-state index < -0.39 is 0 Å². The molecule has 34 heavy (non-hydrogen) atoms. The zero-order valence-corrected chi connectivity index (χ0v) is 19.9. The highest BCUT2D eigenvalue weighted by molar-refractivity contribution is 6.33. The maximum absolute atomic E-state index is 13.1. The van der Waals surface area contributed by atoms with Crippen molar-refractivity contribution in [1.29, 1.82) is 0 Å². The molecule has 6 nitrogen and oxygen atoms in total. The monoisotopic (exact) mass is 491 g/mol.